The van der Waals surface area contributed by atoms with Crippen LogP contribution in [0.4, 0.5) is 11.4 Å². The third-order valence-corrected chi connectivity index (χ3v) is 4.59. The largest absolute Gasteiger partial charge is 0.376 e. The summed E-state index contributed by atoms with van der Waals surface area (Å²) in [4.78, 5) is 39.3. The van der Waals surface area contributed by atoms with E-state index in [-0.39, 0.29) is 0 Å². The van der Waals surface area contributed by atoms with Crippen molar-refractivity contribution in [1.29, 1.82) is 0 Å². The van der Waals surface area contributed by atoms with Crippen molar-refractivity contribution in [1.82, 2.24) is 9.13 Å². The van der Waals surface area contributed by atoms with Gasteiger partial charge >= 0.3 is 5.69 Å². The van der Waals surface area contributed by atoms with Crippen LogP contribution in [0.25, 0.3) is 0 Å². The predicted octanol–water partition coefficient (Wildman–Crippen LogP) is 2.42. The number of anilines is 2. The van der Waals surface area contributed by atoms with Crippen LogP contribution in [0.3, 0.4) is 0 Å². The summed E-state index contributed by atoms with van der Waals surface area (Å²) in [7, 11) is 3.67. The van der Waals surface area contributed by atoms with E-state index < -0.39 is 23.7 Å². The van der Waals surface area contributed by atoms with Crippen molar-refractivity contribution in [3.63, 3.8) is 0 Å². The number of carbonyl (C=O) groups excluding carboxylic acids is 1. The Labute approximate surface area is 172 Å². The molecule has 0 fully saturated rings. The number of halogens is 1. The standard InChI is InChI=1S/C21H21ClN4O3/c1-24(2)18-9-8-16(22)12-17(18)23-19(27)14-26-20(28)10-11-25(21(26)29)13-15-6-4-3-5-7-15/h3-12H,13-14H2,1-2H3,(H,23,27). The Kier molecular flexibility index (Phi) is 6.19. The number of amides is 1. The zero-order valence-corrected chi connectivity index (χ0v) is 16.9. The van der Waals surface area contributed by atoms with Crippen LogP contribution in [0.15, 0.2) is 70.4 Å². The number of carbonyl (C=O) groups is 1. The summed E-state index contributed by atoms with van der Waals surface area (Å²) in [5.74, 6) is -0.493. The molecule has 3 rings (SSSR count). The lowest BCUT2D eigenvalue weighted by atomic mass is 10.2. The maximum Gasteiger partial charge on any atom is 0.331 e. The van der Waals surface area contributed by atoms with Crippen LogP contribution in [-0.2, 0) is 17.9 Å². The molecule has 1 amide bonds. The number of hydrogen-bond donors (Lipinski definition) is 1. The maximum atomic E-state index is 12.7. The number of nitrogens with zero attached hydrogens (tertiary/aromatic N) is 3. The molecule has 0 saturated carbocycles. The van der Waals surface area contributed by atoms with Crippen LogP contribution < -0.4 is 21.5 Å². The molecular weight excluding hydrogens is 392 g/mol. The topological polar surface area (TPSA) is 76.3 Å². The highest BCUT2D eigenvalue weighted by atomic mass is 35.5. The van der Waals surface area contributed by atoms with Crippen LogP contribution in [0.1, 0.15) is 5.56 Å². The first-order valence-corrected chi connectivity index (χ1v) is 9.34. The van der Waals surface area contributed by atoms with Crippen LogP contribution in [0.2, 0.25) is 5.02 Å². The number of rotatable bonds is 6. The Balaban J connectivity index is 1.84. The van der Waals surface area contributed by atoms with Gasteiger partial charge in [-0.15, -0.1) is 0 Å². The van der Waals surface area contributed by atoms with Crippen molar-refractivity contribution in [2.24, 2.45) is 0 Å². The van der Waals surface area contributed by atoms with E-state index in [0.29, 0.717) is 17.3 Å². The first kappa shape index (κ1) is 20.4. The van der Waals surface area contributed by atoms with E-state index >= 15 is 0 Å². The van der Waals surface area contributed by atoms with Gasteiger partial charge in [-0.05, 0) is 23.8 Å². The van der Waals surface area contributed by atoms with E-state index in [1.54, 1.807) is 18.2 Å². The second-order valence-electron chi connectivity index (χ2n) is 6.74. The molecule has 150 valence electrons. The van der Waals surface area contributed by atoms with Crippen molar-refractivity contribution < 1.29 is 4.79 Å². The summed E-state index contributed by atoms with van der Waals surface area (Å²) in [6.07, 6.45) is 1.44. The van der Waals surface area contributed by atoms with Crippen molar-refractivity contribution in [2.75, 3.05) is 24.3 Å². The molecular formula is C21H21ClN4O3. The number of aromatic nitrogens is 2. The van der Waals surface area contributed by atoms with Gasteiger partial charge in [-0.25, -0.2) is 4.79 Å². The predicted molar refractivity (Wildman–Crippen MR) is 115 cm³/mol. The molecule has 1 heterocycles. The van der Waals surface area contributed by atoms with Crippen molar-refractivity contribution in [2.45, 2.75) is 13.1 Å². The lowest BCUT2D eigenvalue weighted by Crippen LogP contribution is -2.41. The molecule has 0 unspecified atom stereocenters. The van der Waals surface area contributed by atoms with Crippen LogP contribution in [0.5, 0.6) is 0 Å². The first-order chi connectivity index (χ1) is 13.8. The van der Waals surface area contributed by atoms with E-state index in [1.165, 1.54) is 16.8 Å². The van der Waals surface area contributed by atoms with Gasteiger partial charge in [-0.2, -0.15) is 0 Å². The van der Waals surface area contributed by atoms with Gasteiger partial charge in [-0.3, -0.25) is 18.7 Å². The molecule has 0 atom stereocenters. The second kappa shape index (κ2) is 8.79. The van der Waals surface area contributed by atoms with Gasteiger partial charge in [-0.1, -0.05) is 41.9 Å². The minimum absolute atomic E-state index is 0.306. The minimum atomic E-state index is -0.546. The molecule has 0 aliphatic heterocycles. The van der Waals surface area contributed by atoms with Gasteiger partial charge in [0.15, 0.2) is 0 Å². The summed E-state index contributed by atoms with van der Waals surface area (Å²) in [6.45, 7) is -0.0900. The summed E-state index contributed by atoms with van der Waals surface area (Å²) in [6, 6.07) is 15.8. The smallest absolute Gasteiger partial charge is 0.331 e. The summed E-state index contributed by atoms with van der Waals surface area (Å²) in [5, 5.41) is 3.20. The Bertz CT molecular complexity index is 1140. The molecule has 2 aromatic carbocycles. The molecule has 0 aliphatic carbocycles. The van der Waals surface area contributed by atoms with Gasteiger partial charge in [0.25, 0.3) is 5.56 Å². The zero-order valence-electron chi connectivity index (χ0n) is 16.1. The average molecular weight is 413 g/mol. The third kappa shape index (κ3) is 4.94. The Morgan fingerprint density at radius 2 is 1.79 bits per heavy atom. The van der Waals surface area contributed by atoms with Crippen LogP contribution >= 0.6 is 11.6 Å². The fourth-order valence-corrected chi connectivity index (χ4v) is 3.11. The second-order valence-corrected chi connectivity index (χ2v) is 7.18. The highest BCUT2D eigenvalue weighted by Gasteiger charge is 2.13. The van der Waals surface area contributed by atoms with Crippen molar-refractivity contribution in [3.8, 4) is 0 Å². The number of nitrogens with one attached hydrogen (secondary N) is 1. The maximum absolute atomic E-state index is 12.7. The van der Waals surface area contributed by atoms with Crippen LogP contribution in [-0.4, -0.2) is 29.1 Å². The lowest BCUT2D eigenvalue weighted by Gasteiger charge is -2.18. The molecule has 0 bridgehead atoms. The van der Waals surface area contributed by atoms with Gasteiger partial charge in [0, 0.05) is 31.4 Å². The van der Waals surface area contributed by atoms with Crippen molar-refractivity contribution in [3.05, 3.63) is 92.2 Å². The molecule has 8 heteroatoms. The monoisotopic (exact) mass is 412 g/mol. The average Bonchev–Trinajstić information content (AvgIpc) is 2.68. The molecule has 0 saturated heterocycles. The van der Waals surface area contributed by atoms with E-state index in [0.717, 1.165) is 15.8 Å². The van der Waals surface area contributed by atoms with Gasteiger partial charge in [0.1, 0.15) is 6.54 Å². The fraction of sp³-hybridized carbons (Fsp3) is 0.190. The molecule has 29 heavy (non-hydrogen) atoms. The SMILES string of the molecule is CN(C)c1ccc(Cl)cc1NC(=O)Cn1c(=O)ccn(Cc2ccccc2)c1=O. The molecule has 0 radical (unpaired) electrons. The fourth-order valence-electron chi connectivity index (χ4n) is 2.93. The summed E-state index contributed by atoms with van der Waals surface area (Å²) < 4.78 is 2.31. The van der Waals surface area contributed by atoms with Gasteiger partial charge < -0.3 is 10.2 Å². The summed E-state index contributed by atoms with van der Waals surface area (Å²) >= 11 is 6.04. The van der Waals surface area contributed by atoms with E-state index in [2.05, 4.69) is 5.32 Å². The Hall–Kier alpha value is -3.32. The molecule has 1 N–H and O–H groups in total. The zero-order chi connectivity index (χ0) is 21.0. The molecule has 7 nitrogen and oxygen atoms in total. The highest BCUT2D eigenvalue weighted by Crippen LogP contribution is 2.27. The molecule has 3 aromatic rings. The highest BCUT2D eigenvalue weighted by molar-refractivity contribution is 6.31. The van der Waals surface area contributed by atoms with Crippen LogP contribution in [0, 0.1) is 0 Å². The number of benzene rings is 2. The molecule has 1 aromatic heterocycles. The summed E-state index contributed by atoms with van der Waals surface area (Å²) in [5.41, 5.74) is 1.09. The Morgan fingerprint density at radius 1 is 1.07 bits per heavy atom. The Morgan fingerprint density at radius 3 is 2.48 bits per heavy atom. The molecule has 0 aliphatic rings. The minimum Gasteiger partial charge on any atom is -0.376 e. The molecule has 0 spiro atoms. The van der Waals surface area contributed by atoms with E-state index in [4.69, 9.17) is 11.6 Å². The van der Waals surface area contributed by atoms with Gasteiger partial charge in [0.2, 0.25) is 5.91 Å². The van der Waals surface area contributed by atoms with E-state index in [1.807, 2.05) is 49.3 Å². The van der Waals surface area contributed by atoms with E-state index in [9.17, 15) is 14.4 Å². The third-order valence-electron chi connectivity index (χ3n) is 4.35. The lowest BCUT2D eigenvalue weighted by molar-refractivity contribution is -0.116. The first-order valence-electron chi connectivity index (χ1n) is 8.96. The quantitative estimate of drug-likeness (QED) is 0.674. The number of hydrogen-bond acceptors (Lipinski definition) is 4. The van der Waals surface area contributed by atoms with Crippen molar-refractivity contribution >= 4 is 28.9 Å². The normalized spacial score (nSPS) is 10.6. The van der Waals surface area contributed by atoms with Gasteiger partial charge in [0.05, 0.1) is 17.9 Å².